The van der Waals surface area contributed by atoms with Crippen molar-refractivity contribution >= 4 is 15.9 Å². The summed E-state index contributed by atoms with van der Waals surface area (Å²) in [6, 6.07) is 10.5. The second kappa shape index (κ2) is 4.56. The Kier molecular flexibility index (Phi) is 2.70. The lowest BCUT2D eigenvalue weighted by molar-refractivity contribution is 0.942. The molecule has 4 heteroatoms. The summed E-state index contributed by atoms with van der Waals surface area (Å²) in [5, 5.41) is 7.73. The Hall–Kier alpha value is -1.94. The van der Waals surface area contributed by atoms with Gasteiger partial charge in [-0.3, -0.25) is 10.1 Å². The number of aromatic nitrogens is 3. The third kappa shape index (κ3) is 1.79. The molecule has 0 atom stereocenters. The number of hydrogen-bond acceptors (Lipinski definition) is 2. The van der Waals surface area contributed by atoms with Crippen LogP contribution in [0.2, 0.25) is 0 Å². The van der Waals surface area contributed by atoms with E-state index in [0.717, 1.165) is 34.3 Å². The van der Waals surface area contributed by atoms with Gasteiger partial charge in [-0.05, 0) is 42.7 Å². The van der Waals surface area contributed by atoms with Crippen LogP contribution in [0.1, 0.15) is 11.1 Å². The molecule has 98 valence electrons. The van der Waals surface area contributed by atoms with E-state index in [1.54, 1.807) is 6.20 Å². The summed E-state index contributed by atoms with van der Waals surface area (Å²) >= 11 is 3.55. The Bertz CT molecular complexity index is 778. The number of halogens is 1. The number of rotatable bonds is 1. The predicted octanol–water partition coefficient (Wildman–Crippen LogP) is 4.00. The van der Waals surface area contributed by atoms with Gasteiger partial charge in [0, 0.05) is 33.6 Å². The van der Waals surface area contributed by atoms with Gasteiger partial charge in [-0.15, -0.1) is 0 Å². The minimum Gasteiger partial charge on any atom is -0.277 e. The SMILES string of the molecule is Brc1ccc2c(c1)-c1[nH]nc(-c3cccnc3)c1CC2. The van der Waals surface area contributed by atoms with Crippen molar-refractivity contribution in [2.75, 3.05) is 0 Å². The highest BCUT2D eigenvalue weighted by atomic mass is 79.9. The normalized spacial score (nSPS) is 12.8. The highest BCUT2D eigenvalue weighted by molar-refractivity contribution is 9.10. The zero-order chi connectivity index (χ0) is 13.5. The minimum atomic E-state index is 1.02. The molecule has 0 saturated carbocycles. The van der Waals surface area contributed by atoms with Crippen molar-refractivity contribution in [2.45, 2.75) is 12.8 Å². The molecule has 3 nitrogen and oxygen atoms in total. The zero-order valence-electron chi connectivity index (χ0n) is 10.7. The molecule has 0 unspecified atom stereocenters. The van der Waals surface area contributed by atoms with Crippen LogP contribution in [-0.2, 0) is 12.8 Å². The van der Waals surface area contributed by atoms with E-state index in [1.165, 1.54) is 16.7 Å². The summed E-state index contributed by atoms with van der Waals surface area (Å²) in [5.41, 5.74) is 7.17. The molecule has 0 bridgehead atoms. The van der Waals surface area contributed by atoms with Crippen LogP contribution < -0.4 is 0 Å². The third-order valence-corrected chi connectivity index (χ3v) is 4.28. The van der Waals surface area contributed by atoms with Crippen LogP contribution >= 0.6 is 15.9 Å². The fourth-order valence-electron chi connectivity index (χ4n) is 2.83. The lowest BCUT2D eigenvalue weighted by atomic mass is 9.88. The molecule has 2 heterocycles. The van der Waals surface area contributed by atoms with Gasteiger partial charge in [0.2, 0.25) is 0 Å². The van der Waals surface area contributed by atoms with Gasteiger partial charge in [-0.2, -0.15) is 5.10 Å². The second-order valence-corrected chi connectivity index (χ2v) is 5.88. The molecule has 0 fully saturated rings. The summed E-state index contributed by atoms with van der Waals surface area (Å²) in [7, 11) is 0. The summed E-state index contributed by atoms with van der Waals surface area (Å²) in [5.74, 6) is 0. The van der Waals surface area contributed by atoms with Crippen molar-refractivity contribution in [3.05, 3.63) is 58.3 Å². The molecule has 1 N–H and O–H groups in total. The summed E-state index contributed by atoms with van der Waals surface area (Å²) in [6.07, 6.45) is 5.73. The number of hydrogen-bond donors (Lipinski definition) is 1. The van der Waals surface area contributed by atoms with E-state index >= 15 is 0 Å². The highest BCUT2D eigenvalue weighted by Crippen LogP contribution is 2.37. The lowest BCUT2D eigenvalue weighted by Gasteiger charge is -2.16. The predicted molar refractivity (Wildman–Crippen MR) is 82.4 cm³/mol. The fourth-order valence-corrected chi connectivity index (χ4v) is 3.19. The van der Waals surface area contributed by atoms with Gasteiger partial charge < -0.3 is 0 Å². The van der Waals surface area contributed by atoms with Gasteiger partial charge >= 0.3 is 0 Å². The van der Waals surface area contributed by atoms with E-state index in [-0.39, 0.29) is 0 Å². The van der Waals surface area contributed by atoms with Crippen LogP contribution in [0.3, 0.4) is 0 Å². The quantitative estimate of drug-likeness (QED) is 0.734. The number of nitrogens with zero attached hydrogens (tertiary/aromatic N) is 2. The standard InChI is InChI=1S/C16H12BrN3/c17-12-5-3-10-4-6-13-15(11-2-1-7-18-9-11)19-20-16(13)14(10)8-12/h1-3,5,7-9H,4,6H2,(H,19,20). The Morgan fingerprint density at radius 1 is 1.15 bits per heavy atom. The van der Waals surface area contributed by atoms with Crippen molar-refractivity contribution in [3.63, 3.8) is 0 Å². The summed E-state index contributed by atoms with van der Waals surface area (Å²) in [4.78, 5) is 4.19. The van der Waals surface area contributed by atoms with Crippen molar-refractivity contribution < 1.29 is 0 Å². The first-order chi connectivity index (χ1) is 9.83. The highest BCUT2D eigenvalue weighted by Gasteiger charge is 2.22. The maximum atomic E-state index is 4.52. The maximum absolute atomic E-state index is 4.52. The van der Waals surface area contributed by atoms with Crippen LogP contribution in [0.4, 0.5) is 0 Å². The van der Waals surface area contributed by atoms with Gasteiger partial charge in [0.05, 0.1) is 11.4 Å². The first kappa shape index (κ1) is 11.9. The monoisotopic (exact) mass is 325 g/mol. The first-order valence-corrected chi connectivity index (χ1v) is 7.38. The van der Waals surface area contributed by atoms with E-state index in [9.17, 15) is 0 Å². The van der Waals surface area contributed by atoms with E-state index < -0.39 is 0 Å². The topological polar surface area (TPSA) is 41.6 Å². The number of fused-ring (bicyclic) bond motifs is 3. The van der Waals surface area contributed by atoms with Crippen LogP contribution in [0.25, 0.3) is 22.5 Å². The van der Waals surface area contributed by atoms with Gasteiger partial charge in [-0.25, -0.2) is 0 Å². The Labute approximate surface area is 125 Å². The van der Waals surface area contributed by atoms with E-state index in [0.29, 0.717) is 0 Å². The van der Waals surface area contributed by atoms with Crippen LogP contribution in [-0.4, -0.2) is 15.2 Å². The molecule has 0 saturated heterocycles. The smallest absolute Gasteiger partial charge is 0.0974 e. The van der Waals surface area contributed by atoms with Crippen LogP contribution in [0.15, 0.2) is 47.2 Å². The Morgan fingerprint density at radius 3 is 2.95 bits per heavy atom. The van der Waals surface area contributed by atoms with Crippen LogP contribution in [0, 0.1) is 0 Å². The number of benzene rings is 1. The zero-order valence-corrected chi connectivity index (χ0v) is 12.3. The molecule has 20 heavy (non-hydrogen) atoms. The van der Waals surface area contributed by atoms with Crippen molar-refractivity contribution in [2.24, 2.45) is 0 Å². The molecule has 1 aliphatic carbocycles. The maximum Gasteiger partial charge on any atom is 0.0974 e. The first-order valence-electron chi connectivity index (χ1n) is 6.59. The largest absolute Gasteiger partial charge is 0.277 e. The average Bonchev–Trinajstić information content (AvgIpc) is 2.92. The molecule has 1 aromatic carbocycles. The Balaban J connectivity index is 1.91. The minimum absolute atomic E-state index is 1.02. The second-order valence-electron chi connectivity index (χ2n) is 4.97. The van der Waals surface area contributed by atoms with Crippen LogP contribution in [0.5, 0.6) is 0 Å². The molecule has 4 rings (SSSR count). The van der Waals surface area contributed by atoms with E-state index in [4.69, 9.17) is 0 Å². The molecule has 3 aromatic rings. The molecule has 1 aliphatic rings. The Morgan fingerprint density at radius 2 is 2.10 bits per heavy atom. The summed E-state index contributed by atoms with van der Waals surface area (Å²) in [6.45, 7) is 0. The molecule has 2 aromatic heterocycles. The van der Waals surface area contributed by atoms with Gasteiger partial charge in [0.25, 0.3) is 0 Å². The molecular formula is C16H12BrN3. The number of aryl methyl sites for hydroxylation is 1. The number of H-pyrrole nitrogens is 1. The molecule has 0 radical (unpaired) electrons. The van der Waals surface area contributed by atoms with E-state index in [1.807, 2.05) is 12.3 Å². The molecule has 0 amide bonds. The lowest BCUT2D eigenvalue weighted by Crippen LogP contribution is -2.03. The molecule has 0 aliphatic heterocycles. The van der Waals surface area contributed by atoms with Crippen molar-refractivity contribution in [1.29, 1.82) is 0 Å². The van der Waals surface area contributed by atoms with Crippen molar-refractivity contribution in [1.82, 2.24) is 15.2 Å². The number of pyridine rings is 1. The van der Waals surface area contributed by atoms with Gasteiger partial charge in [-0.1, -0.05) is 22.0 Å². The third-order valence-electron chi connectivity index (χ3n) is 3.79. The van der Waals surface area contributed by atoms with Gasteiger partial charge in [0.15, 0.2) is 0 Å². The fraction of sp³-hybridized carbons (Fsp3) is 0.125. The van der Waals surface area contributed by atoms with Crippen molar-refractivity contribution in [3.8, 4) is 22.5 Å². The number of aromatic amines is 1. The summed E-state index contributed by atoms with van der Waals surface area (Å²) < 4.78 is 1.10. The molecular weight excluding hydrogens is 314 g/mol. The average molecular weight is 326 g/mol. The van der Waals surface area contributed by atoms with Gasteiger partial charge in [0.1, 0.15) is 0 Å². The van der Waals surface area contributed by atoms with E-state index in [2.05, 4.69) is 55.4 Å². The molecule has 0 spiro atoms. The number of nitrogens with one attached hydrogen (secondary N) is 1.